The second-order valence-electron chi connectivity index (χ2n) is 7.40. The van der Waals surface area contributed by atoms with Crippen molar-refractivity contribution in [3.05, 3.63) is 70.3 Å². The number of hydrogen-bond donors (Lipinski definition) is 3. The van der Waals surface area contributed by atoms with Crippen LogP contribution < -0.4 is 16.2 Å². The Labute approximate surface area is 166 Å². The quantitative estimate of drug-likeness (QED) is 0.641. The van der Waals surface area contributed by atoms with Crippen LogP contribution in [-0.2, 0) is 10.3 Å². The highest BCUT2D eigenvalue weighted by Crippen LogP contribution is 2.32. The zero-order valence-corrected chi connectivity index (χ0v) is 16.3. The third-order valence-corrected chi connectivity index (χ3v) is 5.47. The number of benzene rings is 2. The van der Waals surface area contributed by atoms with Crippen LogP contribution in [0.3, 0.4) is 0 Å². The Kier molecular flexibility index (Phi) is 4.45. The lowest BCUT2D eigenvalue weighted by atomic mass is 9.80. The fourth-order valence-electron chi connectivity index (χ4n) is 3.85. The molecule has 0 spiro atoms. The molecule has 2 aromatic carbocycles. The fraction of sp³-hybridized carbons (Fsp3) is 0.227. The maximum Gasteiger partial charge on any atom is 0.257 e. The van der Waals surface area contributed by atoms with E-state index in [2.05, 4.69) is 20.6 Å². The van der Waals surface area contributed by atoms with Crippen molar-refractivity contribution in [2.45, 2.75) is 19.4 Å². The van der Waals surface area contributed by atoms with Crippen molar-refractivity contribution in [3.63, 3.8) is 0 Å². The lowest BCUT2D eigenvalue weighted by Crippen LogP contribution is -2.51. The van der Waals surface area contributed by atoms with E-state index in [1.165, 1.54) is 6.07 Å². The Hall–Kier alpha value is -3.48. The van der Waals surface area contributed by atoms with E-state index >= 15 is 0 Å². The largest absolute Gasteiger partial charge is 0.338 e. The van der Waals surface area contributed by atoms with E-state index in [0.717, 1.165) is 5.39 Å². The number of hydrogen-bond acceptors (Lipinski definition) is 3. The van der Waals surface area contributed by atoms with Gasteiger partial charge in [0.1, 0.15) is 5.82 Å². The number of aromatic nitrogens is 1. The lowest BCUT2D eigenvalue weighted by molar-refractivity contribution is -0.125. The molecule has 0 saturated carbocycles. The van der Waals surface area contributed by atoms with Gasteiger partial charge in [-0.2, -0.15) is 0 Å². The number of pyridine rings is 1. The molecule has 1 atom stereocenters. The van der Waals surface area contributed by atoms with E-state index in [9.17, 15) is 14.0 Å². The van der Waals surface area contributed by atoms with Gasteiger partial charge < -0.3 is 10.3 Å². The predicted molar refractivity (Wildman–Crippen MR) is 111 cm³/mol. The summed E-state index contributed by atoms with van der Waals surface area (Å²) in [5, 5.41) is 7.01. The molecule has 3 aromatic rings. The number of nitrogens with zero attached hydrogens (tertiary/aromatic N) is 1. The van der Waals surface area contributed by atoms with Gasteiger partial charge in [0.25, 0.3) is 11.5 Å². The van der Waals surface area contributed by atoms with Crippen molar-refractivity contribution < 1.29 is 9.18 Å². The second-order valence-corrected chi connectivity index (χ2v) is 7.40. The fourth-order valence-corrected chi connectivity index (χ4v) is 3.85. The zero-order chi connectivity index (χ0) is 20.8. The van der Waals surface area contributed by atoms with Crippen LogP contribution in [-0.4, -0.2) is 23.9 Å². The first-order valence-electron chi connectivity index (χ1n) is 9.35. The van der Waals surface area contributed by atoms with Gasteiger partial charge >= 0.3 is 0 Å². The number of carbonyl (C=O) groups is 1. The van der Waals surface area contributed by atoms with E-state index < -0.39 is 5.54 Å². The summed E-state index contributed by atoms with van der Waals surface area (Å²) in [5.41, 5.74) is -0.0597. The summed E-state index contributed by atoms with van der Waals surface area (Å²) in [4.78, 5) is 32.6. The molecule has 0 aliphatic carbocycles. The van der Waals surface area contributed by atoms with Gasteiger partial charge in [-0.15, -0.1) is 0 Å². The van der Waals surface area contributed by atoms with Crippen LogP contribution in [0.1, 0.15) is 19.4 Å². The number of amides is 1. The molecule has 2 heterocycles. The topological polar surface area (TPSA) is 86.3 Å². The minimum atomic E-state index is -1.21. The highest BCUT2D eigenvalue weighted by molar-refractivity contribution is 6.09. The summed E-state index contributed by atoms with van der Waals surface area (Å²) < 4.78 is 14.1. The lowest BCUT2D eigenvalue weighted by Gasteiger charge is -2.30. The molecular formula is C22H21FN4O2. The van der Waals surface area contributed by atoms with E-state index in [1.807, 2.05) is 32.0 Å². The molecule has 1 saturated heterocycles. The normalized spacial score (nSPS) is 20.3. The number of H-pyrrole nitrogens is 1. The summed E-state index contributed by atoms with van der Waals surface area (Å²) in [5.74, 6) is -0.514. The third-order valence-electron chi connectivity index (χ3n) is 5.47. The Morgan fingerprint density at radius 3 is 2.52 bits per heavy atom. The predicted octanol–water partition coefficient (Wildman–Crippen LogP) is 2.89. The first kappa shape index (κ1) is 18.9. The summed E-state index contributed by atoms with van der Waals surface area (Å²) in [6.07, 6.45) is 0. The highest BCUT2D eigenvalue weighted by Gasteiger charge is 2.50. The van der Waals surface area contributed by atoms with Gasteiger partial charge in [0, 0.05) is 18.1 Å². The molecular weight excluding hydrogens is 371 g/mol. The monoisotopic (exact) mass is 392 g/mol. The molecule has 1 unspecified atom stereocenters. The van der Waals surface area contributed by atoms with E-state index in [0.29, 0.717) is 28.2 Å². The molecule has 0 bridgehead atoms. The zero-order valence-electron chi connectivity index (χ0n) is 16.3. The van der Waals surface area contributed by atoms with Crippen LogP contribution in [0.5, 0.6) is 0 Å². The Morgan fingerprint density at radius 1 is 1.07 bits per heavy atom. The van der Waals surface area contributed by atoms with E-state index in [4.69, 9.17) is 0 Å². The molecule has 1 aliphatic rings. The van der Waals surface area contributed by atoms with Crippen molar-refractivity contribution in [1.82, 2.24) is 15.6 Å². The highest BCUT2D eigenvalue weighted by atomic mass is 19.1. The summed E-state index contributed by atoms with van der Waals surface area (Å²) >= 11 is 0. The number of carbonyl (C=O) groups excluding carboxylic acids is 1. The molecule has 1 aliphatic heterocycles. The average Bonchev–Trinajstić information content (AvgIpc) is 3.05. The molecule has 29 heavy (non-hydrogen) atoms. The van der Waals surface area contributed by atoms with Gasteiger partial charge in [-0.3, -0.25) is 19.9 Å². The van der Waals surface area contributed by atoms with Gasteiger partial charge in [-0.05, 0) is 41.1 Å². The molecule has 148 valence electrons. The van der Waals surface area contributed by atoms with Crippen molar-refractivity contribution in [1.29, 1.82) is 0 Å². The van der Waals surface area contributed by atoms with Crippen molar-refractivity contribution >= 4 is 22.6 Å². The van der Waals surface area contributed by atoms with Gasteiger partial charge in [-0.1, -0.05) is 38.1 Å². The number of rotatable bonds is 3. The maximum atomic E-state index is 14.1. The number of nitrogens with one attached hydrogen (secondary N) is 3. The second kappa shape index (κ2) is 6.84. The molecule has 1 amide bonds. The molecule has 7 heteroatoms. The summed E-state index contributed by atoms with van der Waals surface area (Å²) in [6, 6.07) is 13.6. The number of aromatic amines is 1. The average molecular weight is 392 g/mol. The molecule has 6 nitrogen and oxygen atoms in total. The van der Waals surface area contributed by atoms with Gasteiger partial charge in [0.2, 0.25) is 0 Å². The molecule has 1 aromatic heterocycles. The van der Waals surface area contributed by atoms with Gasteiger partial charge in [0.15, 0.2) is 11.5 Å². The Morgan fingerprint density at radius 2 is 1.86 bits per heavy atom. The van der Waals surface area contributed by atoms with Crippen molar-refractivity contribution in [2.75, 3.05) is 7.05 Å². The molecule has 4 rings (SSSR count). The first-order chi connectivity index (χ1) is 13.9. The molecule has 1 fully saturated rings. The van der Waals surface area contributed by atoms with Gasteiger partial charge in [-0.25, -0.2) is 4.39 Å². The Bertz CT molecular complexity index is 1210. The van der Waals surface area contributed by atoms with E-state index in [1.54, 1.807) is 31.3 Å². The van der Waals surface area contributed by atoms with Gasteiger partial charge in [0.05, 0.1) is 5.56 Å². The van der Waals surface area contributed by atoms with Crippen LogP contribution >= 0.6 is 0 Å². The number of guanidine groups is 1. The van der Waals surface area contributed by atoms with Crippen LogP contribution in [0.4, 0.5) is 4.39 Å². The van der Waals surface area contributed by atoms with Crippen LogP contribution in [0.15, 0.2) is 58.3 Å². The first-order valence-corrected chi connectivity index (χ1v) is 9.35. The van der Waals surface area contributed by atoms with Crippen molar-refractivity contribution in [2.24, 2.45) is 10.9 Å². The van der Waals surface area contributed by atoms with Crippen LogP contribution in [0, 0.1) is 11.7 Å². The number of aliphatic imine (C=N–C) groups is 1. The van der Waals surface area contributed by atoms with Crippen LogP contribution in [0.2, 0.25) is 0 Å². The smallest absolute Gasteiger partial charge is 0.257 e. The minimum absolute atomic E-state index is 0.205. The van der Waals surface area contributed by atoms with E-state index in [-0.39, 0.29) is 23.2 Å². The number of halogens is 1. The summed E-state index contributed by atoms with van der Waals surface area (Å²) in [7, 11) is 1.56. The standard InChI is InChI=1S/C22H21FN4O2/c1-12(2)22(20(29)26-21(24-3)27-22)16-9-10-18(25-19(16)28)14-8-7-13-5-4-6-17(23)15(13)11-14/h4-12H,1-3H3,(H,25,28)(H2,24,26,27,29). The third kappa shape index (κ3) is 2.90. The minimum Gasteiger partial charge on any atom is -0.338 e. The number of fused-ring (bicyclic) bond motifs is 1. The summed E-state index contributed by atoms with van der Waals surface area (Å²) in [6.45, 7) is 3.73. The Balaban J connectivity index is 1.82. The van der Waals surface area contributed by atoms with Crippen LogP contribution in [0.25, 0.3) is 22.0 Å². The SMILES string of the molecule is CN=C1NC(=O)C(c2ccc(-c3ccc4cccc(F)c4c3)[nH]c2=O)(C(C)C)N1. The molecule has 3 N–H and O–H groups in total. The maximum absolute atomic E-state index is 14.1. The van der Waals surface area contributed by atoms with Crippen molar-refractivity contribution in [3.8, 4) is 11.3 Å². The molecule has 0 radical (unpaired) electrons.